The van der Waals surface area contributed by atoms with E-state index in [1.807, 2.05) is 0 Å². The minimum Gasteiger partial charge on any atom is -0.505 e. The second kappa shape index (κ2) is 4.06. The van der Waals surface area contributed by atoms with Crippen molar-refractivity contribution in [1.29, 1.82) is 0 Å². The molecule has 15 heavy (non-hydrogen) atoms. The number of nitrogens with one attached hydrogen (secondary N) is 1. The Kier molecular flexibility index (Phi) is 3.18. The number of hydrogen-bond acceptors (Lipinski definition) is 3. The molecule has 0 spiro atoms. The molecule has 0 aliphatic carbocycles. The van der Waals surface area contributed by atoms with Crippen LogP contribution in [-0.2, 0) is 10.0 Å². The molecular formula is C9H12FNO3S. The molecule has 0 aliphatic rings. The van der Waals surface area contributed by atoms with Gasteiger partial charge in [-0.25, -0.2) is 12.8 Å². The van der Waals surface area contributed by atoms with Gasteiger partial charge in [0.2, 0.25) is 10.0 Å². The molecule has 0 bridgehead atoms. The summed E-state index contributed by atoms with van der Waals surface area (Å²) in [5, 5.41) is 8.30. The number of rotatable bonds is 3. The first kappa shape index (κ1) is 11.8. The highest BCUT2D eigenvalue weighted by atomic mass is 32.2. The Hall–Kier alpha value is -1.30. The Bertz CT molecular complexity index is 456. The molecule has 84 valence electrons. The van der Waals surface area contributed by atoms with Gasteiger partial charge in [0.25, 0.3) is 0 Å². The van der Waals surface area contributed by atoms with Gasteiger partial charge in [-0.3, -0.25) is 4.72 Å². The summed E-state index contributed by atoms with van der Waals surface area (Å²) in [6.07, 6.45) is 0. The second-order valence-electron chi connectivity index (χ2n) is 3.36. The highest BCUT2D eigenvalue weighted by Gasteiger charge is 2.16. The fraction of sp³-hybridized carbons (Fsp3) is 0.333. The van der Waals surface area contributed by atoms with Crippen molar-refractivity contribution in [3.8, 4) is 5.75 Å². The third-order valence-electron chi connectivity index (χ3n) is 1.83. The smallest absolute Gasteiger partial charge is 0.235 e. The van der Waals surface area contributed by atoms with Crippen molar-refractivity contribution in [3.05, 3.63) is 24.0 Å². The Labute approximate surface area is 87.8 Å². The molecule has 2 N–H and O–H groups in total. The van der Waals surface area contributed by atoms with Gasteiger partial charge in [0.15, 0.2) is 11.6 Å². The van der Waals surface area contributed by atoms with Gasteiger partial charge in [-0.15, -0.1) is 0 Å². The van der Waals surface area contributed by atoms with Gasteiger partial charge >= 0.3 is 0 Å². The molecule has 1 aromatic rings. The Morgan fingerprint density at radius 3 is 2.47 bits per heavy atom. The van der Waals surface area contributed by atoms with Crippen LogP contribution in [0.2, 0.25) is 0 Å². The maximum Gasteiger partial charge on any atom is 0.235 e. The minimum atomic E-state index is -3.48. The van der Waals surface area contributed by atoms with Crippen LogP contribution >= 0.6 is 0 Å². The molecule has 6 heteroatoms. The predicted molar refractivity (Wildman–Crippen MR) is 55.7 cm³/mol. The Morgan fingerprint density at radius 2 is 2.00 bits per heavy atom. The highest BCUT2D eigenvalue weighted by Crippen LogP contribution is 2.20. The van der Waals surface area contributed by atoms with E-state index in [9.17, 15) is 12.8 Å². The highest BCUT2D eigenvalue weighted by molar-refractivity contribution is 7.93. The van der Waals surface area contributed by atoms with Crippen LogP contribution in [-0.4, -0.2) is 18.8 Å². The molecular weight excluding hydrogens is 221 g/mol. The van der Waals surface area contributed by atoms with Crippen molar-refractivity contribution in [3.63, 3.8) is 0 Å². The first-order valence-corrected chi connectivity index (χ1v) is 5.87. The van der Waals surface area contributed by atoms with E-state index < -0.39 is 26.8 Å². The zero-order chi connectivity index (χ0) is 11.6. The van der Waals surface area contributed by atoms with Gasteiger partial charge in [-0.1, -0.05) is 0 Å². The van der Waals surface area contributed by atoms with Crippen molar-refractivity contribution in [2.75, 3.05) is 4.72 Å². The summed E-state index contributed by atoms with van der Waals surface area (Å²) in [5.41, 5.74) is 0.0963. The van der Waals surface area contributed by atoms with Crippen molar-refractivity contribution < 1.29 is 17.9 Å². The SMILES string of the molecule is CC(C)S(=O)(=O)Nc1ccc(O)c(F)c1. The standard InChI is InChI=1S/C9H12FNO3S/c1-6(2)15(13,14)11-7-3-4-9(12)8(10)5-7/h3-6,11-12H,1-2H3. The molecule has 1 rings (SSSR count). The third kappa shape index (κ3) is 2.82. The number of phenols is 1. The monoisotopic (exact) mass is 233 g/mol. The topological polar surface area (TPSA) is 66.4 Å². The number of sulfonamides is 1. The van der Waals surface area contributed by atoms with Crippen LogP contribution in [0.5, 0.6) is 5.75 Å². The van der Waals surface area contributed by atoms with Crippen LogP contribution in [0.3, 0.4) is 0 Å². The lowest BCUT2D eigenvalue weighted by Gasteiger charge is -2.10. The Morgan fingerprint density at radius 1 is 1.40 bits per heavy atom. The Balaban J connectivity index is 2.96. The molecule has 4 nitrogen and oxygen atoms in total. The fourth-order valence-electron chi connectivity index (χ4n) is 0.853. The fourth-order valence-corrected chi connectivity index (χ4v) is 1.54. The van der Waals surface area contributed by atoms with Crippen LogP contribution in [0.4, 0.5) is 10.1 Å². The van der Waals surface area contributed by atoms with Gasteiger partial charge < -0.3 is 5.11 Å². The maximum absolute atomic E-state index is 12.9. The van der Waals surface area contributed by atoms with Crippen LogP contribution in [0.1, 0.15) is 13.8 Å². The van der Waals surface area contributed by atoms with Gasteiger partial charge in [0.1, 0.15) is 0 Å². The summed E-state index contributed by atoms with van der Waals surface area (Å²) < 4.78 is 37.9. The molecule has 0 saturated carbocycles. The zero-order valence-corrected chi connectivity index (χ0v) is 9.18. The summed E-state index contributed by atoms with van der Waals surface area (Å²) in [4.78, 5) is 0. The average Bonchev–Trinajstić information content (AvgIpc) is 2.10. The maximum atomic E-state index is 12.9. The lowest BCUT2D eigenvalue weighted by atomic mass is 10.3. The summed E-state index contributed by atoms with van der Waals surface area (Å²) >= 11 is 0. The van der Waals surface area contributed by atoms with Gasteiger partial charge in [-0.05, 0) is 26.0 Å². The molecule has 0 unspecified atom stereocenters. The number of halogens is 1. The molecule has 0 fully saturated rings. The van der Waals surface area contributed by atoms with Gasteiger partial charge in [0, 0.05) is 6.07 Å². The zero-order valence-electron chi connectivity index (χ0n) is 8.36. The first-order valence-electron chi connectivity index (χ1n) is 4.33. The second-order valence-corrected chi connectivity index (χ2v) is 5.60. The van der Waals surface area contributed by atoms with E-state index in [4.69, 9.17) is 5.11 Å². The number of aromatic hydroxyl groups is 1. The van der Waals surface area contributed by atoms with Crippen LogP contribution < -0.4 is 4.72 Å². The normalized spacial score (nSPS) is 11.7. The number of phenolic OH excluding ortho intramolecular Hbond substituents is 1. The van der Waals surface area contributed by atoms with Crippen molar-refractivity contribution in [2.45, 2.75) is 19.1 Å². The van der Waals surface area contributed by atoms with Gasteiger partial charge in [0.05, 0.1) is 10.9 Å². The third-order valence-corrected chi connectivity index (χ3v) is 3.59. The van der Waals surface area contributed by atoms with E-state index in [-0.39, 0.29) is 5.69 Å². The van der Waals surface area contributed by atoms with E-state index in [0.29, 0.717) is 0 Å². The number of anilines is 1. The molecule has 0 radical (unpaired) electrons. The molecule has 0 heterocycles. The van der Waals surface area contributed by atoms with Crippen molar-refractivity contribution >= 4 is 15.7 Å². The van der Waals surface area contributed by atoms with E-state index >= 15 is 0 Å². The molecule has 0 amide bonds. The predicted octanol–water partition coefficient (Wildman–Crippen LogP) is 1.68. The molecule has 0 aliphatic heterocycles. The molecule has 0 aromatic heterocycles. The average molecular weight is 233 g/mol. The van der Waals surface area contributed by atoms with E-state index in [1.165, 1.54) is 19.9 Å². The van der Waals surface area contributed by atoms with Crippen LogP contribution in [0.25, 0.3) is 0 Å². The number of hydrogen-bond donors (Lipinski definition) is 2. The van der Waals surface area contributed by atoms with Gasteiger partial charge in [-0.2, -0.15) is 0 Å². The summed E-state index contributed by atoms with van der Waals surface area (Å²) in [6, 6.07) is 3.31. The van der Waals surface area contributed by atoms with Crippen LogP contribution in [0, 0.1) is 5.82 Å². The lowest BCUT2D eigenvalue weighted by Crippen LogP contribution is -2.22. The van der Waals surface area contributed by atoms with E-state index in [1.54, 1.807) is 0 Å². The van der Waals surface area contributed by atoms with Crippen LogP contribution in [0.15, 0.2) is 18.2 Å². The lowest BCUT2D eigenvalue weighted by molar-refractivity contribution is 0.432. The van der Waals surface area contributed by atoms with Crippen molar-refractivity contribution in [1.82, 2.24) is 0 Å². The molecule has 1 aromatic carbocycles. The summed E-state index contributed by atoms with van der Waals surface area (Å²) in [6.45, 7) is 3.03. The van der Waals surface area contributed by atoms with E-state index in [2.05, 4.69) is 4.72 Å². The summed E-state index contributed by atoms with van der Waals surface area (Å²) in [5.74, 6) is -1.37. The largest absolute Gasteiger partial charge is 0.505 e. The first-order chi connectivity index (χ1) is 6.83. The minimum absolute atomic E-state index is 0.0963. The quantitative estimate of drug-likeness (QED) is 0.780. The van der Waals surface area contributed by atoms with E-state index in [0.717, 1.165) is 12.1 Å². The molecule has 0 atom stereocenters. The van der Waals surface area contributed by atoms with Crippen molar-refractivity contribution in [2.24, 2.45) is 0 Å². The molecule has 0 saturated heterocycles. The number of benzene rings is 1. The summed E-state index contributed by atoms with van der Waals surface area (Å²) in [7, 11) is -3.48.